The molecule has 0 spiro atoms. The summed E-state index contributed by atoms with van der Waals surface area (Å²) >= 11 is 0. The van der Waals surface area contributed by atoms with Gasteiger partial charge in [0.05, 0.1) is 38.3 Å². The Kier molecular flexibility index (Phi) is 10.4. The van der Waals surface area contributed by atoms with E-state index in [2.05, 4.69) is 54.1 Å². The fraction of sp³-hybridized carbons (Fsp3) is 0.394. The summed E-state index contributed by atoms with van der Waals surface area (Å²) in [6.07, 6.45) is 5.11. The van der Waals surface area contributed by atoms with E-state index >= 15 is 0 Å². The molecule has 0 bridgehead atoms. The molecule has 4 rings (SSSR count). The van der Waals surface area contributed by atoms with Crippen LogP contribution in [0, 0.1) is 13.8 Å². The summed E-state index contributed by atoms with van der Waals surface area (Å²) in [5.41, 5.74) is 5.63. The Morgan fingerprint density at radius 2 is 1.70 bits per heavy atom. The Morgan fingerprint density at radius 3 is 2.50 bits per heavy atom. The number of aryl methyl sites for hydroxylation is 4. The molecule has 1 N–H and O–H groups in total. The highest BCUT2D eigenvalue weighted by atomic mass is 16.5. The Hall–Kier alpha value is -4.00. The average Bonchev–Trinajstić information content (AvgIpc) is 3.31. The summed E-state index contributed by atoms with van der Waals surface area (Å²) in [4.78, 5) is 17.3. The predicted octanol–water partition coefficient (Wildman–Crippen LogP) is 6.21. The van der Waals surface area contributed by atoms with Crippen LogP contribution < -0.4 is 19.5 Å². The lowest BCUT2D eigenvalue weighted by Gasteiger charge is -2.12. The standard InChI is InChI=1S/C33H41N3O4/c1-24-14-16-27(21-25(24)2)40-20-10-19-36-29-12-8-7-11-28(29)35-32(36)13-6-5-9-18-34-33(37)23-26-15-17-30(38-3)31(22-26)39-4/h7-8,11-12,14-17,21-22H,5-6,9-10,13,18-20,23H2,1-4H3,(H,34,37). The number of ether oxygens (including phenoxy) is 3. The molecule has 0 atom stereocenters. The van der Waals surface area contributed by atoms with Crippen molar-refractivity contribution < 1.29 is 19.0 Å². The van der Waals surface area contributed by atoms with Crippen LogP contribution in [0.4, 0.5) is 0 Å². The van der Waals surface area contributed by atoms with Gasteiger partial charge >= 0.3 is 0 Å². The summed E-state index contributed by atoms with van der Waals surface area (Å²) in [6, 6.07) is 20.1. The van der Waals surface area contributed by atoms with E-state index in [1.54, 1.807) is 14.2 Å². The minimum atomic E-state index is 0.0111. The minimum absolute atomic E-state index is 0.0111. The number of methoxy groups -OCH3 is 2. The first-order valence-electron chi connectivity index (χ1n) is 14.1. The second-order valence-corrected chi connectivity index (χ2v) is 10.1. The molecule has 0 unspecified atom stereocenters. The number of nitrogens with zero attached hydrogens (tertiary/aromatic N) is 2. The number of imidazole rings is 1. The van der Waals surface area contributed by atoms with Crippen LogP contribution in [0.25, 0.3) is 11.0 Å². The lowest BCUT2D eigenvalue weighted by Crippen LogP contribution is -2.26. The van der Waals surface area contributed by atoms with Crippen LogP contribution in [0.3, 0.4) is 0 Å². The zero-order valence-electron chi connectivity index (χ0n) is 24.2. The highest BCUT2D eigenvalue weighted by Gasteiger charge is 2.11. The Labute approximate surface area is 237 Å². The first-order valence-corrected chi connectivity index (χ1v) is 14.1. The van der Waals surface area contributed by atoms with Gasteiger partial charge in [-0.2, -0.15) is 0 Å². The van der Waals surface area contributed by atoms with Crippen molar-refractivity contribution in [3.05, 3.63) is 83.2 Å². The Bertz CT molecular complexity index is 1410. The quantitative estimate of drug-likeness (QED) is 0.180. The van der Waals surface area contributed by atoms with Gasteiger partial charge in [-0.1, -0.05) is 30.7 Å². The summed E-state index contributed by atoms with van der Waals surface area (Å²) in [7, 11) is 3.20. The summed E-state index contributed by atoms with van der Waals surface area (Å²) in [5.74, 6) is 3.34. The number of rotatable bonds is 15. The van der Waals surface area contributed by atoms with Crippen molar-refractivity contribution in [1.82, 2.24) is 14.9 Å². The van der Waals surface area contributed by atoms with E-state index in [-0.39, 0.29) is 5.91 Å². The van der Waals surface area contributed by atoms with Gasteiger partial charge in [0.15, 0.2) is 11.5 Å². The maximum Gasteiger partial charge on any atom is 0.224 e. The molecule has 3 aromatic carbocycles. The van der Waals surface area contributed by atoms with E-state index in [1.807, 2.05) is 30.3 Å². The number of hydrogen-bond donors (Lipinski definition) is 1. The number of amides is 1. The zero-order valence-corrected chi connectivity index (χ0v) is 24.2. The van der Waals surface area contributed by atoms with Crippen LogP contribution in [-0.4, -0.2) is 42.8 Å². The first kappa shape index (κ1) is 29.0. The molecule has 0 aliphatic heterocycles. The number of para-hydroxylation sites is 2. The van der Waals surface area contributed by atoms with Gasteiger partial charge in [-0.05, 0) is 86.2 Å². The third-order valence-corrected chi connectivity index (χ3v) is 7.22. The largest absolute Gasteiger partial charge is 0.494 e. The molecule has 0 aliphatic carbocycles. The predicted molar refractivity (Wildman–Crippen MR) is 160 cm³/mol. The number of hydrogen-bond acceptors (Lipinski definition) is 5. The van der Waals surface area contributed by atoms with Crippen molar-refractivity contribution >= 4 is 16.9 Å². The topological polar surface area (TPSA) is 74.6 Å². The van der Waals surface area contributed by atoms with Crippen LogP contribution in [-0.2, 0) is 24.2 Å². The van der Waals surface area contributed by atoms with Gasteiger partial charge in [0.2, 0.25) is 5.91 Å². The van der Waals surface area contributed by atoms with Gasteiger partial charge in [-0.25, -0.2) is 4.98 Å². The van der Waals surface area contributed by atoms with Gasteiger partial charge in [0.25, 0.3) is 0 Å². The smallest absolute Gasteiger partial charge is 0.224 e. The van der Waals surface area contributed by atoms with Crippen molar-refractivity contribution in [2.45, 2.75) is 58.9 Å². The zero-order chi connectivity index (χ0) is 28.3. The van der Waals surface area contributed by atoms with Gasteiger partial charge < -0.3 is 24.1 Å². The third-order valence-electron chi connectivity index (χ3n) is 7.22. The lowest BCUT2D eigenvalue weighted by molar-refractivity contribution is -0.120. The van der Waals surface area contributed by atoms with Crippen LogP contribution in [0.1, 0.15) is 48.2 Å². The third kappa shape index (κ3) is 7.78. The van der Waals surface area contributed by atoms with Gasteiger partial charge in [0, 0.05) is 19.5 Å². The minimum Gasteiger partial charge on any atom is -0.494 e. The second-order valence-electron chi connectivity index (χ2n) is 10.1. The molecule has 7 nitrogen and oxygen atoms in total. The molecular weight excluding hydrogens is 502 g/mol. The van der Waals surface area contributed by atoms with Gasteiger partial charge in [-0.15, -0.1) is 0 Å². The lowest BCUT2D eigenvalue weighted by atomic mass is 10.1. The number of aromatic nitrogens is 2. The maximum atomic E-state index is 12.4. The number of carbonyl (C=O) groups excluding carboxylic acids is 1. The molecule has 1 amide bonds. The molecule has 0 radical (unpaired) electrons. The van der Waals surface area contributed by atoms with Crippen molar-refractivity contribution in [2.75, 3.05) is 27.4 Å². The summed E-state index contributed by atoms with van der Waals surface area (Å²) in [6.45, 7) is 6.42. The molecule has 0 fully saturated rings. The number of nitrogens with one attached hydrogen (secondary N) is 1. The molecule has 40 heavy (non-hydrogen) atoms. The maximum absolute atomic E-state index is 12.4. The van der Waals surface area contributed by atoms with E-state index in [0.29, 0.717) is 31.1 Å². The molecule has 1 heterocycles. The molecule has 0 aliphatic rings. The molecule has 4 aromatic rings. The number of benzene rings is 3. The fourth-order valence-electron chi connectivity index (χ4n) is 4.83. The highest BCUT2D eigenvalue weighted by molar-refractivity contribution is 5.78. The molecule has 0 saturated heterocycles. The average molecular weight is 544 g/mol. The SMILES string of the molecule is COc1ccc(CC(=O)NCCCCCc2nc3ccccc3n2CCCOc2ccc(C)c(C)c2)cc1OC. The van der Waals surface area contributed by atoms with Crippen LogP contribution in [0.15, 0.2) is 60.7 Å². The highest BCUT2D eigenvalue weighted by Crippen LogP contribution is 2.27. The Morgan fingerprint density at radius 1 is 0.875 bits per heavy atom. The van der Waals surface area contributed by atoms with Crippen molar-refractivity contribution in [3.8, 4) is 17.2 Å². The van der Waals surface area contributed by atoms with Crippen molar-refractivity contribution in [1.29, 1.82) is 0 Å². The normalized spacial score (nSPS) is 11.0. The van der Waals surface area contributed by atoms with E-state index in [1.165, 1.54) is 16.6 Å². The number of unbranched alkanes of at least 4 members (excludes halogenated alkanes) is 2. The summed E-state index contributed by atoms with van der Waals surface area (Å²) in [5, 5.41) is 3.04. The van der Waals surface area contributed by atoms with Gasteiger partial charge in [0.1, 0.15) is 11.6 Å². The van der Waals surface area contributed by atoms with Crippen molar-refractivity contribution in [3.63, 3.8) is 0 Å². The first-order chi connectivity index (χ1) is 19.5. The van der Waals surface area contributed by atoms with Crippen LogP contribution in [0.2, 0.25) is 0 Å². The van der Waals surface area contributed by atoms with E-state index in [9.17, 15) is 4.79 Å². The Balaban J connectivity index is 1.21. The molecule has 7 heteroatoms. The van der Waals surface area contributed by atoms with Gasteiger partial charge in [-0.3, -0.25) is 4.79 Å². The summed E-state index contributed by atoms with van der Waals surface area (Å²) < 4.78 is 19.0. The van der Waals surface area contributed by atoms with E-state index < -0.39 is 0 Å². The fourth-order valence-corrected chi connectivity index (χ4v) is 4.83. The van der Waals surface area contributed by atoms with E-state index in [4.69, 9.17) is 19.2 Å². The number of carbonyl (C=O) groups is 1. The van der Waals surface area contributed by atoms with E-state index in [0.717, 1.165) is 61.3 Å². The van der Waals surface area contributed by atoms with Crippen LogP contribution >= 0.6 is 0 Å². The molecule has 212 valence electrons. The molecule has 0 saturated carbocycles. The van der Waals surface area contributed by atoms with Crippen molar-refractivity contribution in [2.24, 2.45) is 0 Å². The molecule has 1 aromatic heterocycles. The monoisotopic (exact) mass is 543 g/mol. The number of fused-ring (bicyclic) bond motifs is 1. The van der Waals surface area contributed by atoms with Crippen LogP contribution in [0.5, 0.6) is 17.2 Å². The second kappa shape index (κ2) is 14.4. The molecular formula is C33H41N3O4.